The molecule has 0 bridgehead atoms. The minimum atomic E-state index is -0.480. The van der Waals surface area contributed by atoms with Crippen molar-refractivity contribution in [3.8, 4) is 0 Å². The third-order valence-electron chi connectivity index (χ3n) is 5.64. The van der Waals surface area contributed by atoms with E-state index in [0.717, 1.165) is 51.4 Å². The highest BCUT2D eigenvalue weighted by atomic mass is 16.6. The van der Waals surface area contributed by atoms with E-state index in [0.29, 0.717) is 6.54 Å². The molecule has 3 rings (SSSR count). The number of rotatable bonds is 5. The first kappa shape index (κ1) is 17.9. The third kappa shape index (κ3) is 3.85. The summed E-state index contributed by atoms with van der Waals surface area (Å²) in [4.78, 5) is 26.3. The smallest absolute Gasteiger partial charge is 0.320 e. The quantitative estimate of drug-likeness (QED) is 0.596. The van der Waals surface area contributed by atoms with Gasteiger partial charge in [-0.1, -0.05) is 38.5 Å². The molecule has 138 valence electrons. The van der Waals surface area contributed by atoms with Crippen LogP contribution in [0.2, 0.25) is 0 Å². The molecular formula is C18H28N4O3. The minimum Gasteiger partial charge on any atom is -0.331 e. The highest BCUT2D eigenvalue weighted by Crippen LogP contribution is 2.32. The first-order valence-corrected chi connectivity index (χ1v) is 9.66. The third-order valence-corrected chi connectivity index (χ3v) is 5.64. The number of aromatic nitrogens is 2. The van der Waals surface area contributed by atoms with Crippen LogP contribution in [0.4, 0.5) is 5.69 Å². The van der Waals surface area contributed by atoms with Crippen molar-refractivity contribution in [3.63, 3.8) is 0 Å². The fourth-order valence-corrected chi connectivity index (χ4v) is 4.33. The number of hydrogen-bond donors (Lipinski definition) is 0. The summed E-state index contributed by atoms with van der Waals surface area (Å²) in [6.07, 6.45) is 12.4. The van der Waals surface area contributed by atoms with Gasteiger partial charge in [-0.2, -0.15) is 5.10 Å². The van der Waals surface area contributed by atoms with Crippen LogP contribution >= 0.6 is 0 Å². The van der Waals surface area contributed by atoms with Gasteiger partial charge in [0.05, 0.1) is 4.92 Å². The zero-order chi connectivity index (χ0) is 17.8. The largest absolute Gasteiger partial charge is 0.331 e. The molecule has 2 fully saturated rings. The van der Waals surface area contributed by atoms with Crippen molar-refractivity contribution in [1.29, 1.82) is 0 Å². The van der Waals surface area contributed by atoms with Crippen molar-refractivity contribution in [3.05, 3.63) is 22.0 Å². The molecule has 1 heterocycles. The van der Waals surface area contributed by atoms with Gasteiger partial charge in [0.25, 0.3) is 5.91 Å². The fraction of sp³-hybridized carbons (Fsp3) is 0.778. The molecule has 1 aromatic heterocycles. The maximum absolute atomic E-state index is 13.3. The molecule has 0 saturated heterocycles. The average molecular weight is 348 g/mol. The van der Waals surface area contributed by atoms with Crippen molar-refractivity contribution in [2.45, 2.75) is 89.8 Å². The van der Waals surface area contributed by atoms with Crippen molar-refractivity contribution in [2.24, 2.45) is 0 Å². The first-order chi connectivity index (χ1) is 12.1. The van der Waals surface area contributed by atoms with Crippen LogP contribution in [0.25, 0.3) is 0 Å². The van der Waals surface area contributed by atoms with E-state index in [-0.39, 0.29) is 29.4 Å². The second kappa shape index (κ2) is 7.97. The van der Waals surface area contributed by atoms with Crippen LogP contribution in [0.3, 0.4) is 0 Å². The van der Waals surface area contributed by atoms with Crippen molar-refractivity contribution >= 4 is 11.6 Å². The van der Waals surface area contributed by atoms with Gasteiger partial charge in [0.1, 0.15) is 6.20 Å². The SMILES string of the molecule is CCn1cc([N+](=O)[O-])c(C(=O)N(C2CCCCC2)C2CCCCC2)n1. The lowest BCUT2D eigenvalue weighted by Crippen LogP contribution is -2.49. The molecule has 2 saturated carbocycles. The number of carbonyl (C=O) groups excluding carboxylic acids is 1. The van der Waals surface area contributed by atoms with Gasteiger partial charge in [-0.15, -0.1) is 0 Å². The van der Waals surface area contributed by atoms with Crippen molar-refractivity contribution in [2.75, 3.05) is 0 Å². The van der Waals surface area contributed by atoms with Gasteiger partial charge in [0.15, 0.2) is 0 Å². The van der Waals surface area contributed by atoms with Gasteiger partial charge in [0.2, 0.25) is 5.69 Å². The zero-order valence-electron chi connectivity index (χ0n) is 15.0. The molecule has 2 aliphatic carbocycles. The molecule has 0 N–H and O–H groups in total. The molecule has 2 aliphatic rings. The van der Waals surface area contributed by atoms with E-state index < -0.39 is 4.92 Å². The van der Waals surface area contributed by atoms with Gasteiger partial charge >= 0.3 is 5.69 Å². The fourth-order valence-electron chi connectivity index (χ4n) is 4.33. The van der Waals surface area contributed by atoms with Gasteiger partial charge in [-0.05, 0) is 32.6 Å². The van der Waals surface area contributed by atoms with E-state index in [9.17, 15) is 14.9 Å². The Bertz CT molecular complexity index is 598. The summed E-state index contributed by atoms with van der Waals surface area (Å²) in [5.74, 6) is -0.238. The molecule has 0 aliphatic heterocycles. The number of amides is 1. The van der Waals surface area contributed by atoms with Crippen molar-refractivity contribution in [1.82, 2.24) is 14.7 Å². The summed E-state index contributed by atoms with van der Waals surface area (Å²) in [6.45, 7) is 2.38. The maximum Gasteiger partial charge on any atom is 0.320 e. The molecule has 1 amide bonds. The lowest BCUT2D eigenvalue weighted by molar-refractivity contribution is -0.385. The Morgan fingerprint density at radius 1 is 1.16 bits per heavy atom. The van der Waals surface area contributed by atoms with Gasteiger partial charge in [0, 0.05) is 18.6 Å². The molecule has 1 aromatic rings. The lowest BCUT2D eigenvalue weighted by Gasteiger charge is -2.41. The van der Waals surface area contributed by atoms with Crippen LogP contribution in [0, 0.1) is 10.1 Å². The summed E-state index contributed by atoms with van der Waals surface area (Å²) >= 11 is 0. The summed E-state index contributed by atoms with van der Waals surface area (Å²) in [5.41, 5.74) is -0.147. The summed E-state index contributed by atoms with van der Waals surface area (Å²) < 4.78 is 1.49. The molecule has 0 atom stereocenters. The van der Waals surface area contributed by atoms with E-state index in [1.807, 2.05) is 11.8 Å². The highest BCUT2D eigenvalue weighted by Gasteiger charge is 2.37. The second-order valence-corrected chi connectivity index (χ2v) is 7.27. The van der Waals surface area contributed by atoms with Crippen LogP contribution in [0.15, 0.2) is 6.20 Å². The van der Waals surface area contributed by atoms with E-state index in [1.165, 1.54) is 23.7 Å². The van der Waals surface area contributed by atoms with Crippen molar-refractivity contribution < 1.29 is 9.72 Å². The Labute approximate surface area is 148 Å². The Morgan fingerprint density at radius 2 is 1.68 bits per heavy atom. The first-order valence-electron chi connectivity index (χ1n) is 9.66. The average Bonchev–Trinajstić information content (AvgIpc) is 3.08. The monoisotopic (exact) mass is 348 g/mol. The standard InChI is InChI=1S/C18H28N4O3/c1-2-20-13-16(22(24)25)17(19-20)18(23)21(14-9-5-3-6-10-14)15-11-7-4-8-12-15/h13-15H,2-12H2,1H3. The van der Waals surface area contributed by atoms with Crippen LogP contribution in [0.5, 0.6) is 0 Å². The molecule has 0 aromatic carbocycles. The zero-order valence-corrected chi connectivity index (χ0v) is 15.0. The predicted octanol–water partition coefficient (Wildman–Crippen LogP) is 3.92. The van der Waals surface area contributed by atoms with E-state index in [2.05, 4.69) is 5.10 Å². The lowest BCUT2D eigenvalue weighted by atomic mass is 9.88. The van der Waals surface area contributed by atoms with Gasteiger partial charge in [-0.25, -0.2) is 0 Å². The molecule has 0 radical (unpaired) electrons. The molecule has 7 heteroatoms. The van der Waals surface area contributed by atoms with Crippen LogP contribution < -0.4 is 0 Å². The van der Waals surface area contributed by atoms with E-state index in [4.69, 9.17) is 0 Å². The molecule has 25 heavy (non-hydrogen) atoms. The molecule has 0 spiro atoms. The molecular weight excluding hydrogens is 320 g/mol. The van der Waals surface area contributed by atoms with Crippen LogP contribution in [-0.2, 0) is 6.54 Å². The number of nitro groups is 1. The summed E-state index contributed by atoms with van der Waals surface area (Å²) in [6, 6.07) is 0.409. The normalized spacial score (nSPS) is 19.7. The number of aryl methyl sites for hydroxylation is 1. The van der Waals surface area contributed by atoms with Gasteiger partial charge < -0.3 is 4.90 Å². The highest BCUT2D eigenvalue weighted by molar-refractivity contribution is 5.96. The Hall–Kier alpha value is -1.92. The molecule has 0 unspecified atom stereocenters. The Morgan fingerprint density at radius 3 is 2.12 bits per heavy atom. The molecule has 7 nitrogen and oxygen atoms in total. The maximum atomic E-state index is 13.3. The summed E-state index contributed by atoms with van der Waals surface area (Å²) in [5, 5.41) is 15.7. The minimum absolute atomic E-state index is 0.0167. The topological polar surface area (TPSA) is 81.3 Å². The van der Waals surface area contributed by atoms with Crippen LogP contribution in [0.1, 0.15) is 81.6 Å². The predicted molar refractivity (Wildman–Crippen MR) is 94.5 cm³/mol. The van der Waals surface area contributed by atoms with Crippen LogP contribution in [-0.4, -0.2) is 37.6 Å². The van der Waals surface area contributed by atoms with Gasteiger partial charge in [-0.3, -0.25) is 19.6 Å². The second-order valence-electron chi connectivity index (χ2n) is 7.27. The number of hydrogen-bond acceptors (Lipinski definition) is 4. The van der Waals surface area contributed by atoms with E-state index in [1.54, 1.807) is 0 Å². The Balaban J connectivity index is 1.92. The Kier molecular flexibility index (Phi) is 5.71. The summed E-state index contributed by atoms with van der Waals surface area (Å²) in [7, 11) is 0. The number of carbonyl (C=O) groups is 1. The van der Waals surface area contributed by atoms with E-state index >= 15 is 0 Å². The number of nitrogens with zero attached hydrogens (tertiary/aromatic N) is 4.